The molecule has 0 aromatic heterocycles. The molecule has 2 rings (SSSR count). The summed E-state index contributed by atoms with van der Waals surface area (Å²) in [5, 5.41) is 0. The van der Waals surface area contributed by atoms with Crippen LogP contribution in [0.5, 0.6) is 0 Å². The van der Waals surface area contributed by atoms with Crippen molar-refractivity contribution < 1.29 is 8.42 Å². The monoisotopic (exact) mass is 254 g/mol. The van der Waals surface area contributed by atoms with Gasteiger partial charge in [-0.3, -0.25) is 0 Å². The van der Waals surface area contributed by atoms with Crippen LogP contribution < -0.4 is 10.5 Å². The summed E-state index contributed by atoms with van der Waals surface area (Å²) in [6, 6.07) is 5.60. The zero-order valence-corrected chi connectivity index (χ0v) is 10.8. The molecule has 1 aromatic rings. The third-order valence-electron chi connectivity index (χ3n) is 3.04. The van der Waals surface area contributed by atoms with Crippen molar-refractivity contribution in [3.63, 3.8) is 0 Å². The Bertz CT molecular complexity index is 511. The van der Waals surface area contributed by atoms with Crippen LogP contribution in [-0.2, 0) is 16.4 Å². The Morgan fingerprint density at radius 1 is 1.47 bits per heavy atom. The third-order valence-corrected chi connectivity index (χ3v) is 4.63. The van der Waals surface area contributed by atoms with E-state index in [2.05, 4.69) is 4.72 Å². The Morgan fingerprint density at radius 2 is 2.24 bits per heavy atom. The fourth-order valence-corrected chi connectivity index (χ4v) is 3.64. The van der Waals surface area contributed by atoms with Crippen LogP contribution in [0.4, 0.5) is 5.69 Å². The Balaban J connectivity index is 2.18. The molecule has 5 heteroatoms. The molecule has 0 bridgehead atoms. The number of hydrogen-bond donors (Lipinski definition) is 2. The fraction of sp³-hybridized carbons (Fsp3) is 0.500. The molecule has 0 radical (unpaired) electrons. The van der Waals surface area contributed by atoms with Gasteiger partial charge >= 0.3 is 0 Å². The summed E-state index contributed by atoms with van der Waals surface area (Å²) in [5.41, 5.74) is 8.68. The van der Waals surface area contributed by atoms with E-state index in [0.29, 0.717) is 6.42 Å². The molecule has 0 saturated carbocycles. The van der Waals surface area contributed by atoms with Gasteiger partial charge in [0.05, 0.1) is 5.75 Å². The van der Waals surface area contributed by atoms with Gasteiger partial charge in [0.1, 0.15) is 0 Å². The zero-order chi connectivity index (χ0) is 12.5. The summed E-state index contributed by atoms with van der Waals surface area (Å²) in [6.07, 6.45) is 2.35. The van der Waals surface area contributed by atoms with E-state index < -0.39 is 10.0 Å². The minimum atomic E-state index is -3.15. The molecule has 1 aromatic carbocycles. The Labute approximate surface area is 102 Å². The highest BCUT2D eigenvalue weighted by atomic mass is 32.2. The molecule has 94 valence electrons. The summed E-state index contributed by atoms with van der Waals surface area (Å²) < 4.78 is 26.2. The standard InChI is InChI=1S/C12H18N2O2S/c1-2-7-17(15,16)14-12-6-3-9-8-10(13)4-5-11(9)12/h4-5,8,12,14H,2-3,6-7,13H2,1H3. The Hall–Kier alpha value is -1.07. The molecule has 0 heterocycles. The predicted molar refractivity (Wildman–Crippen MR) is 69.1 cm³/mol. The van der Waals surface area contributed by atoms with Gasteiger partial charge < -0.3 is 5.73 Å². The number of nitrogens with two attached hydrogens (primary N) is 1. The first-order valence-corrected chi connectivity index (χ1v) is 7.55. The molecule has 0 saturated heterocycles. The highest BCUT2D eigenvalue weighted by molar-refractivity contribution is 7.89. The van der Waals surface area contributed by atoms with Crippen molar-refractivity contribution in [1.29, 1.82) is 0 Å². The van der Waals surface area contributed by atoms with E-state index in [4.69, 9.17) is 5.73 Å². The second-order valence-corrected chi connectivity index (χ2v) is 6.36. The third kappa shape index (κ3) is 2.79. The first-order chi connectivity index (χ1) is 8.02. The van der Waals surface area contributed by atoms with E-state index in [9.17, 15) is 8.42 Å². The molecule has 1 aliphatic rings. The summed E-state index contributed by atoms with van der Waals surface area (Å²) in [4.78, 5) is 0. The highest BCUT2D eigenvalue weighted by Gasteiger charge is 2.26. The van der Waals surface area contributed by atoms with Gasteiger partial charge in [0.2, 0.25) is 10.0 Å². The largest absolute Gasteiger partial charge is 0.399 e. The smallest absolute Gasteiger partial charge is 0.212 e. The fourth-order valence-electron chi connectivity index (χ4n) is 2.30. The average molecular weight is 254 g/mol. The van der Waals surface area contributed by atoms with E-state index in [-0.39, 0.29) is 11.8 Å². The normalized spacial score (nSPS) is 19.2. The molecule has 17 heavy (non-hydrogen) atoms. The lowest BCUT2D eigenvalue weighted by Crippen LogP contribution is -2.29. The van der Waals surface area contributed by atoms with Gasteiger partial charge in [0, 0.05) is 11.7 Å². The molecule has 3 N–H and O–H groups in total. The Morgan fingerprint density at radius 3 is 2.94 bits per heavy atom. The van der Waals surface area contributed by atoms with E-state index in [1.165, 1.54) is 0 Å². The number of hydrogen-bond acceptors (Lipinski definition) is 3. The van der Waals surface area contributed by atoms with Crippen molar-refractivity contribution in [2.24, 2.45) is 0 Å². The number of sulfonamides is 1. The SMILES string of the molecule is CCCS(=O)(=O)NC1CCc2cc(N)ccc21. The first-order valence-electron chi connectivity index (χ1n) is 5.90. The van der Waals surface area contributed by atoms with Crippen LogP contribution in [0, 0.1) is 0 Å². The van der Waals surface area contributed by atoms with Gasteiger partial charge in [-0.15, -0.1) is 0 Å². The molecule has 0 spiro atoms. The number of nitrogen functional groups attached to an aromatic ring is 1. The van der Waals surface area contributed by atoms with Crippen LogP contribution in [0.3, 0.4) is 0 Å². The summed E-state index contributed by atoms with van der Waals surface area (Å²) in [5.74, 6) is 0.188. The van der Waals surface area contributed by atoms with Gasteiger partial charge in [-0.2, -0.15) is 0 Å². The first kappa shape index (κ1) is 12.4. The van der Waals surface area contributed by atoms with Gasteiger partial charge in [0.15, 0.2) is 0 Å². The lowest BCUT2D eigenvalue weighted by atomic mass is 10.1. The van der Waals surface area contributed by atoms with Crippen LogP contribution in [0.1, 0.15) is 36.9 Å². The van der Waals surface area contributed by atoms with Crippen molar-refractivity contribution in [1.82, 2.24) is 4.72 Å². The minimum Gasteiger partial charge on any atom is -0.399 e. The van der Waals surface area contributed by atoms with Crippen molar-refractivity contribution >= 4 is 15.7 Å². The molecular weight excluding hydrogens is 236 g/mol. The van der Waals surface area contributed by atoms with Gasteiger partial charge in [-0.1, -0.05) is 13.0 Å². The maximum atomic E-state index is 11.7. The van der Waals surface area contributed by atoms with Crippen LogP contribution in [0.15, 0.2) is 18.2 Å². The lowest BCUT2D eigenvalue weighted by Gasteiger charge is -2.14. The average Bonchev–Trinajstić information content (AvgIpc) is 2.60. The van der Waals surface area contributed by atoms with Crippen molar-refractivity contribution in [2.75, 3.05) is 11.5 Å². The molecule has 0 fully saturated rings. The number of nitrogens with one attached hydrogen (secondary N) is 1. The van der Waals surface area contributed by atoms with E-state index in [1.807, 2.05) is 25.1 Å². The van der Waals surface area contributed by atoms with Gasteiger partial charge in [0.25, 0.3) is 0 Å². The zero-order valence-electron chi connectivity index (χ0n) is 9.94. The molecule has 4 nitrogen and oxygen atoms in total. The lowest BCUT2D eigenvalue weighted by molar-refractivity contribution is 0.553. The van der Waals surface area contributed by atoms with Crippen LogP contribution in [0.25, 0.3) is 0 Å². The van der Waals surface area contributed by atoms with Crippen LogP contribution in [-0.4, -0.2) is 14.2 Å². The highest BCUT2D eigenvalue weighted by Crippen LogP contribution is 2.32. The van der Waals surface area contributed by atoms with Crippen molar-refractivity contribution in [3.05, 3.63) is 29.3 Å². The second-order valence-electron chi connectivity index (χ2n) is 4.49. The van der Waals surface area contributed by atoms with Crippen molar-refractivity contribution in [2.45, 2.75) is 32.2 Å². The summed E-state index contributed by atoms with van der Waals surface area (Å²) in [7, 11) is -3.15. The minimum absolute atomic E-state index is 0.0813. The maximum Gasteiger partial charge on any atom is 0.212 e. The van der Waals surface area contributed by atoms with E-state index in [1.54, 1.807) is 0 Å². The van der Waals surface area contributed by atoms with Crippen LogP contribution in [0.2, 0.25) is 0 Å². The second kappa shape index (κ2) is 4.66. The molecule has 1 unspecified atom stereocenters. The van der Waals surface area contributed by atoms with E-state index in [0.717, 1.165) is 29.7 Å². The van der Waals surface area contributed by atoms with Gasteiger partial charge in [-0.05, 0) is 42.5 Å². The van der Waals surface area contributed by atoms with E-state index >= 15 is 0 Å². The number of anilines is 1. The topological polar surface area (TPSA) is 72.2 Å². The summed E-state index contributed by atoms with van der Waals surface area (Å²) in [6.45, 7) is 1.86. The number of fused-ring (bicyclic) bond motifs is 1. The maximum absolute atomic E-state index is 11.7. The molecule has 0 amide bonds. The molecule has 1 aliphatic carbocycles. The quantitative estimate of drug-likeness (QED) is 0.801. The number of rotatable bonds is 4. The molecular formula is C12H18N2O2S. The van der Waals surface area contributed by atoms with Gasteiger partial charge in [-0.25, -0.2) is 13.1 Å². The molecule has 0 aliphatic heterocycles. The molecule has 1 atom stereocenters. The Kier molecular flexibility index (Phi) is 3.40. The summed E-state index contributed by atoms with van der Waals surface area (Å²) >= 11 is 0. The predicted octanol–water partition coefficient (Wildman–Crippen LogP) is 1.59. The number of aryl methyl sites for hydroxylation is 1. The van der Waals surface area contributed by atoms with Crippen LogP contribution >= 0.6 is 0 Å². The van der Waals surface area contributed by atoms with Crippen molar-refractivity contribution in [3.8, 4) is 0 Å². The number of benzene rings is 1.